The first-order valence-corrected chi connectivity index (χ1v) is 20.6. The van der Waals surface area contributed by atoms with Crippen molar-refractivity contribution in [2.24, 2.45) is 4.99 Å². The average Bonchev–Trinajstić information content (AvgIpc) is 3.70. The fourth-order valence-corrected chi connectivity index (χ4v) is 7.19. The molecule has 0 fully saturated rings. The van der Waals surface area contributed by atoms with Gasteiger partial charge in [-0.1, -0.05) is 23.7 Å². The fourth-order valence-electron chi connectivity index (χ4n) is 5.85. The number of hydrogen-bond acceptors (Lipinski definition) is 14. The van der Waals surface area contributed by atoms with Gasteiger partial charge in [0.25, 0.3) is 0 Å². The number of carboxylic acid groups (broad SMARTS) is 1. The second-order valence-electron chi connectivity index (χ2n) is 13.2. The molecule has 16 nitrogen and oxygen atoms in total. The fraction of sp³-hybridized carbons (Fsp3) is 0.488. The van der Waals surface area contributed by atoms with Gasteiger partial charge in [0, 0.05) is 26.7 Å². The summed E-state index contributed by atoms with van der Waals surface area (Å²) >= 11 is 7.89. The zero-order valence-electron chi connectivity index (χ0n) is 33.6. The highest BCUT2D eigenvalue weighted by molar-refractivity contribution is 7.15. The molecule has 18 heteroatoms. The molecule has 320 valence electrons. The van der Waals surface area contributed by atoms with Crippen LogP contribution in [0, 0.1) is 20.8 Å². The van der Waals surface area contributed by atoms with Gasteiger partial charge in [0.1, 0.15) is 35.8 Å². The van der Waals surface area contributed by atoms with E-state index in [4.69, 9.17) is 59.6 Å². The molecule has 1 amide bonds. The third kappa shape index (κ3) is 14.7. The molecule has 4 aromatic rings. The second kappa shape index (κ2) is 24.7. The van der Waals surface area contributed by atoms with Crippen LogP contribution in [0.2, 0.25) is 5.02 Å². The van der Waals surface area contributed by atoms with Crippen LogP contribution >= 0.6 is 22.9 Å². The Hall–Kier alpha value is -4.30. The molecule has 0 spiro atoms. The number of thiophene rings is 1. The number of fused-ring (bicyclic) bond motifs is 3. The number of benzene rings is 2. The number of nitrogens with zero attached hydrogens (tertiary/aromatic N) is 4. The molecule has 1 atom stereocenters. The minimum absolute atomic E-state index is 0.0677. The SMILES string of the molecule is Cc1sc2c(c1C)C(c1ccc(Cl)cc1)=N[C@@H](CC(=O)Nc1ccc(OCCOCCOCCOCCOCCOCCOCCOCC(=O)O)cc1)c1nnc(C)n1-2. The monoisotopic (exact) mass is 857 g/mol. The Balaban J connectivity index is 0.920. The minimum Gasteiger partial charge on any atom is -0.491 e. The van der Waals surface area contributed by atoms with Gasteiger partial charge in [-0.25, -0.2) is 4.79 Å². The lowest BCUT2D eigenvalue weighted by atomic mass is 9.99. The smallest absolute Gasteiger partial charge is 0.329 e. The number of halogens is 1. The molecule has 0 unspecified atom stereocenters. The molecule has 0 saturated heterocycles. The number of aryl methyl sites for hydroxylation is 2. The van der Waals surface area contributed by atoms with E-state index in [1.165, 1.54) is 4.88 Å². The summed E-state index contributed by atoms with van der Waals surface area (Å²) in [7, 11) is 0. The van der Waals surface area contributed by atoms with Gasteiger partial charge in [0.05, 0.1) is 98.0 Å². The molecular weight excluding hydrogens is 806 g/mol. The van der Waals surface area contributed by atoms with Crippen LogP contribution in [0.25, 0.3) is 5.00 Å². The van der Waals surface area contributed by atoms with Gasteiger partial charge in [-0.05, 0) is 62.7 Å². The Kier molecular flexibility index (Phi) is 19.2. The van der Waals surface area contributed by atoms with Gasteiger partial charge in [0.2, 0.25) is 5.91 Å². The van der Waals surface area contributed by atoms with Crippen LogP contribution in [0.4, 0.5) is 5.69 Å². The Morgan fingerprint density at radius 2 is 1.25 bits per heavy atom. The van der Waals surface area contributed by atoms with Gasteiger partial charge in [0.15, 0.2) is 5.82 Å². The molecule has 0 aliphatic carbocycles. The maximum atomic E-state index is 13.5. The van der Waals surface area contributed by atoms with Gasteiger partial charge >= 0.3 is 5.97 Å². The van der Waals surface area contributed by atoms with E-state index in [-0.39, 0.29) is 25.5 Å². The third-order valence-electron chi connectivity index (χ3n) is 8.83. The number of anilines is 1. The van der Waals surface area contributed by atoms with E-state index in [1.807, 2.05) is 35.8 Å². The molecular formula is C41H52ClN5O11S. The van der Waals surface area contributed by atoms with Crippen LogP contribution in [0.15, 0.2) is 53.5 Å². The summed E-state index contributed by atoms with van der Waals surface area (Å²) < 4.78 is 45.4. The molecule has 59 heavy (non-hydrogen) atoms. The van der Waals surface area contributed by atoms with E-state index in [1.54, 1.807) is 35.6 Å². The summed E-state index contributed by atoms with van der Waals surface area (Å²) in [5.41, 5.74) is 4.48. The van der Waals surface area contributed by atoms with Crippen molar-refractivity contribution in [1.29, 1.82) is 0 Å². The summed E-state index contributed by atoms with van der Waals surface area (Å²) in [4.78, 5) is 30.1. The number of aromatic nitrogens is 3. The number of hydrogen-bond donors (Lipinski definition) is 2. The van der Waals surface area contributed by atoms with E-state index in [0.717, 1.165) is 33.2 Å². The Labute approximate surface area is 352 Å². The minimum atomic E-state index is -1.00. The molecule has 3 heterocycles. The number of nitrogens with one attached hydrogen (secondary N) is 1. The van der Waals surface area contributed by atoms with Crippen LogP contribution in [-0.4, -0.2) is 137 Å². The molecule has 2 aromatic carbocycles. The Morgan fingerprint density at radius 3 is 1.80 bits per heavy atom. The number of carbonyl (C=O) groups excluding carboxylic acids is 1. The van der Waals surface area contributed by atoms with Crippen LogP contribution in [0.1, 0.15) is 45.7 Å². The van der Waals surface area contributed by atoms with E-state index < -0.39 is 12.0 Å². The molecule has 1 aliphatic heterocycles. The van der Waals surface area contributed by atoms with Crippen molar-refractivity contribution in [3.8, 4) is 10.8 Å². The third-order valence-corrected chi connectivity index (χ3v) is 10.3. The quantitative estimate of drug-likeness (QED) is 0.0693. The normalized spacial score (nSPS) is 13.4. The maximum Gasteiger partial charge on any atom is 0.329 e. The van der Waals surface area contributed by atoms with Gasteiger partial charge in [-0.2, -0.15) is 0 Å². The standard InChI is InChI=1S/C41H52ClN5O11S/c1-28-29(2)59-41-38(28)39(31-4-6-32(42)7-5-31)44-35(40-46-45-30(3)47(40)41)26-36(48)43-33-8-10-34(11-9-33)58-25-24-56-21-20-54-17-16-52-13-12-51-14-15-53-18-19-55-22-23-57-27-37(49)50/h4-11,35H,12-27H2,1-3H3,(H,43,48)(H,49,50)/t35-/m0/s1. The molecule has 1 aliphatic rings. The predicted octanol–water partition coefficient (Wildman–Crippen LogP) is 5.41. The second-order valence-corrected chi connectivity index (χ2v) is 14.8. The van der Waals surface area contributed by atoms with Crippen LogP contribution in [0.5, 0.6) is 5.75 Å². The Bertz CT molecular complexity index is 1940. The number of aliphatic carboxylic acids is 1. The van der Waals surface area contributed by atoms with Gasteiger partial charge in [-0.3, -0.25) is 14.4 Å². The summed E-state index contributed by atoms with van der Waals surface area (Å²) in [6, 6.07) is 14.2. The summed E-state index contributed by atoms with van der Waals surface area (Å²) in [5, 5.41) is 22.0. The first-order valence-electron chi connectivity index (χ1n) is 19.4. The number of rotatable bonds is 28. The van der Waals surface area contributed by atoms with Crippen LogP contribution in [0.3, 0.4) is 0 Å². The highest BCUT2D eigenvalue weighted by Crippen LogP contribution is 2.39. The highest BCUT2D eigenvalue weighted by Gasteiger charge is 2.32. The Morgan fingerprint density at radius 1 is 0.729 bits per heavy atom. The summed E-state index contributed by atoms with van der Waals surface area (Å²) in [5.74, 6) is 0.797. The molecule has 5 rings (SSSR count). The largest absolute Gasteiger partial charge is 0.491 e. The predicted molar refractivity (Wildman–Crippen MR) is 222 cm³/mol. The first-order chi connectivity index (χ1) is 28.7. The van der Waals surface area contributed by atoms with E-state index in [2.05, 4.69) is 29.4 Å². The van der Waals surface area contributed by atoms with Crippen molar-refractivity contribution < 1.29 is 52.6 Å². The number of carboxylic acids is 1. The van der Waals surface area contributed by atoms with Crippen molar-refractivity contribution in [3.05, 3.63) is 86.8 Å². The van der Waals surface area contributed by atoms with Crippen molar-refractivity contribution in [3.63, 3.8) is 0 Å². The number of amides is 1. The summed E-state index contributed by atoms with van der Waals surface area (Å²) in [6.07, 6.45) is 0.0677. The van der Waals surface area contributed by atoms with E-state index >= 15 is 0 Å². The zero-order valence-corrected chi connectivity index (χ0v) is 35.2. The highest BCUT2D eigenvalue weighted by atomic mass is 35.5. The molecule has 0 saturated carbocycles. The van der Waals surface area contributed by atoms with Crippen LogP contribution in [-0.2, 0) is 42.7 Å². The van der Waals surface area contributed by atoms with Crippen molar-refractivity contribution in [1.82, 2.24) is 14.8 Å². The topological polar surface area (TPSA) is 183 Å². The number of carbonyl (C=O) groups is 2. The lowest BCUT2D eigenvalue weighted by Gasteiger charge is -2.13. The van der Waals surface area contributed by atoms with Gasteiger partial charge in [-0.15, -0.1) is 21.5 Å². The number of ether oxygens (including phenoxy) is 8. The first kappa shape index (κ1) is 45.8. The van der Waals surface area contributed by atoms with Crippen molar-refractivity contribution >= 4 is 46.2 Å². The lowest BCUT2D eigenvalue weighted by molar-refractivity contribution is -0.142. The average molecular weight is 858 g/mol. The summed E-state index contributed by atoms with van der Waals surface area (Å²) in [6.45, 7) is 11.4. The molecule has 2 N–H and O–H groups in total. The maximum absolute atomic E-state index is 13.5. The van der Waals surface area contributed by atoms with Crippen LogP contribution < -0.4 is 10.1 Å². The zero-order chi connectivity index (χ0) is 41.8. The van der Waals surface area contributed by atoms with E-state index in [9.17, 15) is 9.59 Å². The number of aliphatic imine (C=N–C) groups is 1. The van der Waals surface area contributed by atoms with Crippen molar-refractivity contribution in [2.75, 3.05) is 104 Å². The van der Waals surface area contributed by atoms with Crippen molar-refractivity contribution in [2.45, 2.75) is 33.2 Å². The molecule has 2 aromatic heterocycles. The molecule has 0 bridgehead atoms. The lowest BCUT2D eigenvalue weighted by Crippen LogP contribution is -2.17. The van der Waals surface area contributed by atoms with E-state index in [0.29, 0.717) is 108 Å². The van der Waals surface area contributed by atoms with Gasteiger partial charge < -0.3 is 48.3 Å². The molecule has 0 radical (unpaired) electrons.